The monoisotopic (exact) mass is 458 g/mol. The number of carbonyl (C=O) groups excluding carboxylic acids is 1. The number of nitrogens with one attached hydrogen (secondary N) is 2. The van der Waals surface area contributed by atoms with Gasteiger partial charge in [0.1, 0.15) is 0 Å². The van der Waals surface area contributed by atoms with Crippen LogP contribution in [0.2, 0.25) is 0 Å². The molecule has 2 N–H and O–H groups in total. The Labute approximate surface area is 184 Å². The highest BCUT2D eigenvalue weighted by Crippen LogP contribution is 2.21. The Balaban J connectivity index is 1.39. The van der Waals surface area contributed by atoms with Crippen molar-refractivity contribution in [3.8, 4) is 11.4 Å². The van der Waals surface area contributed by atoms with Crippen LogP contribution >= 0.6 is 0 Å². The molecule has 1 saturated heterocycles. The number of hydrazine groups is 1. The number of pyridine rings is 1. The zero-order chi connectivity index (χ0) is 22.7. The topological polar surface area (TPSA) is 140 Å². The highest BCUT2D eigenvalue weighted by atomic mass is 32.2. The van der Waals surface area contributed by atoms with E-state index in [0.29, 0.717) is 11.4 Å². The fourth-order valence-electron chi connectivity index (χ4n) is 3.33. The van der Waals surface area contributed by atoms with Crippen molar-refractivity contribution >= 4 is 21.9 Å². The summed E-state index contributed by atoms with van der Waals surface area (Å²) in [5.41, 5.74) is 5.95. The van der Waals surface area contributed by atoms with Gasteiger partial charge in [0.05, 0.1) is 17.1 Å². The Hall–Kier alpha value is -3.35. The summed E-state index contributed by atoms with van der Waals surface area (Å²) in [7, 11) is -3.68. The smallest absolute Gasteiger partial charge is 0.340 e. The van der Waals surface area contributed by atoms with Gasteiger partial charge in [-0.3, -0.25) is 15.2 Å². The molecule has 1 aliphatic heterocycles. The number of aromatic nitrogens is 3. The first kappa shape index (κ1) is 21.9. The summed E-state index contributed by atoms with van der Waals surface area (Å²) >= 11 is 0. The van der Waals surface area contributed by atoms with Gasteiger partial charge in [0.2, 0.25) is 15.8 Å². The molecule has 0 aliphatic carbocycles. The Kier molecular flexibility index (Phi) is 6.17. The minimum Gasteiger partial charge on any atom is -0.373 e. The first-order chi connectivity index (χ1) is 15.3. The lowest BCUT2D eigenvalue weighted by atomic mass is 10.2. The highest BCUT2D eigenvalue weighted by molar-refractivity contribution is 7.89. The van der Waals surface area contributed by atoms with Crippen LogP contribution < -0.4 is 10.9 Å². The highest BCUT2D eigenvalue weighted by Gasteiger charge is 2.32. The van der Waals surface area contributed by atoms with Crippen LogP contribution in [0, 0.1) is 0 Å². The number of rotatable bonds is 6. The Morgan fingerprint density at radius 3 is 2.38 bits per heavy atom. The molecule has 2 aromatic heterocycles. The van der Waals surface area contributed by atoms with E-state index in [0.717, 1.165) is 0 Å². The number of hydrogen-bond donors (Lipinski definition) is 2. The maximum absolute atomic E-state index is 12.9. The van der Waals surface area contributed by atoms with Gasteiger partial charge in [-0.25, -0.2) is 13.8 Å². The van der Waals surface area contributed by atoms with Gasteiger partial charge < -0.3 is 9.26 Å². The van der Waals surface area contributed by atoms with Crippen LogP contribution in [0.15, 0.2) is 58.2 Å². The average Bonchev–Trinajstić information content (AvgIpc) is 3.27. The third kappa shape index (κ3) is 4.77. The molecular weight excluding hydrogens is 436 g/mol. The summed E-state index contributed by atoms with van der Waals surface area (Å²) in [5.74, 6) is -0.156. The van der Waals surface area contributed by atoms with Crippen molar-refractivity contribution in [2.75, 3.05) is 18.5 Å². The Morgan fingerprint density at radius 2 is 1.72 bits per heavy atom. The zero-order valence-electron chi connectivity index (χ0n) is 17.4. The van der Waals surface area contributed by atoms with E-state index in [2.05, 4.69) is 26.0 Å². The van der Waals surface area contributed by atoms with E-state index in [9.17, 15) is 13.2 Å². The van der Waals surface area contributed by atoms with Gasteiger partial charge in [0.25, 0.3) is 5.91 Å². The number of anilines is 1. The van der Waals surface area contributed by atoms with Gasteiger partial charge in [0, 0.05) is 36.6 Å². The first-order valence-electron chi connectivity index (χ1n) is 9.89. The van der Waals surface area contributed by atoms with E-state index < -0.39 is 15.9 Å². The van der Waals surface area contributed by atoms with E-state index in [1.54, 1.807) is 24.5 Å². The Bertz CT molecular complexity index is 1170. The third-order valence-electron chi connectivity index (χ3n) is 4.79. The van der Waals surface area contributed by atoms with Crippen molar-refractivity contribution in [2.24, 2.45) is 0 Å². The lowest BCUT2D eigenvalue weighted by Gasteiger charge is -2.34. The van der Waals surface area contributed by atoms with Crippen molar-refractivity contribution in [1.82, 2.24) is 24.9 Å². The average molecular weight is 459 g/mol. The predicted octanol–water partition coefficient (Wildman–Crippen LogP) is 1.69. The number of carbonyl (C=O) groups is 1. The van der Waals surface area contributed by atoms with Gasteiger partial charge in [-0.15, -0.1) is 0 Å². The second-order valence-electron chi connectivity index (χ2n) is 7.34. The van der Waals surface area contributed by atoms with Crippen LogP contribution in [0.5, 0.6) is 0 Å². The number of amides is 1. The fourth-order valence-corrected chi connectivity index (χ4v) is 4.92. The molecule has 1 amide bonds. The minimum absolute atomic E-state index is 0.0000766. The second kappa shape index (κ2) is 9.02. The van der Waals surface area contributed by atoms with Crippen molar-refractivity contribution in [1.29, 1.82) is 0 Å². The standard InChI is InChI=1S/C20H22N6O5S/c1-13-11-26(12-14(2)30-13)32(28,29)17-5-3-16(4-6-17)19(27)23-24-20-22-18(25-31-20)15-7-9-21-10-8-15/h3-10,13-14H,11-12H2,1-2H3,(H,23,27)(H,22,24,25). The molecule has 11 nitrogen and oxygen atoms in total. The maximum atomic E-state index is 12.9. The number of morpholine rings is 1. The minimum atomic E-state index is -3.68. The van der Waals surface area contributed by atoms with Crippen LogP contribution in [0.1, 0.15) is 24.2 Å². The van der Waals surface area contributed by atoms with Crippen molar-refractivity contribution in [2.45, 2.75) is 31.0 Å². The van der Waals surface area contributed by atoms with Crippen LogP contribution in [0.25, 0.3) is 11.4 Å². The molecule has 3 aromatic rings. The molecule has 168 valence electrons. The van der Waals surface area contributed by atoms with Crippen LogP contribution in [-0.4, -0.2) is 59.1 Å². The van der Waals surface area contributed by atoms with E-state index >= 15 is 0 Å². The summed E-state index contributed by atoms with van der Waals surface area (Å²) in [6.45, 7) is 4.24. The van der Waals surface area contributed by atoms with Crippen molar-refractivity contribution in [3.05, 3.63) is 54.4 Å². The third-order valence-corrected chi connectivity index (χ3v) is 6.63. The lowest BCUT2D eigenvalue weighted by Crippen LogP contribution is -2.48. The SMILES string of the molecule is CC1CN(S(=O)(=O)c2ccc(C(=O)NNc3nc(-c4ccncc4)no3)cc2)CC(C)O1. The van der Waals surface area contributed by atoms with Gasteiger partial charge in [-0.05, 0) is 50.2 Å². The normalized spacial score (nSPS) is 19.4. The summed E-state index contributed by atoms with van der Waals surface area (Å²) in [4.78, 5) is 20.6. The first-order valence-corrected chi connectivity index (χ1v) is 11.3. The van der Waals surface area contributed by atoms with Gasteiger partial charge >= 0.3 is 6.01 Å². The Morgan fingerprint density at radius 1 is 1.06 bits per heavy atom. The molecule has 32 heavy (non-hydrogen) atoms. The number of benzene rings is 1. The molecule has 1 aliphatic rings. The van der Waals surface area contributed by atoms with E-state index in [1.165, 1.54) is 28.6 Å². The number of nitrogens with zero attached hydrogens (tertiary/aromatic N) is 4. The largest absolute Gasteiger partial charge is 0.373 e. The van der Waals surface area contributed by atoms with Crippen LogP contribution in [0.3, 0.4) is 0 Å². The van der Waals surface area contributed by atoms with Crippen LogP contribution in [0.4, 0.5) is 6.01 Å². The molecule has 1 aromatic carbocycles. The van der Waals surface area contributed by atoms with Crippen LogP contribution in [-0.2, 0) is 14.8 Å². The molecule has 12 heteroatoms. The summed E-state index contributed by atoms with van der Waals surface area (Å²) in [6.07, 6.45) is 2.83. The van der Waals surface area contributed by atoms with E-state index in [-0.39, 0.29) is 41.8 Å². The molecule has 0 radical (unpaired) electrons. The fraction of sp³-hybridized carbons (Fsp3) is 0.300. The molecule has 0 bridgehead atoms. The van der Waals surface area contributed by atoms with Gasteiger partial charge in [0.15, 0.2) is 0 Å². The molecule has 0 saturated carbocycles. The van der Waals surface area contributed by atoms with Crippen molar-refractivity contribution < 1.29 is 22.5 Å². The van der Waals surface area contributed by atoms with E-state index in [1.807, 2.05) is 13.8 Å². The molecule has 0 spiro atoms. The maximum Gasteiger partial charge on any atom is 0.340 e. The van der Waals surface area contributed by atoms with Gasteiger partial charge in [-0.1, -0.05) is 5.16 Å². The van der Waals surface area contributed by atoms with Crippen molar-refractivity contribution in [3.63, 3.8) is 0 Å². The molecule has 2 atom stereocenters. The number of hydrogen-bond acceptors (Lipinski definition) is 9. The summed E-state index contributed by atoms with van der Waals surface area (Å²) in [5, 5.41) is 3.82. The summed E-state index contributed by atoms with van der Waals surface area (Å²) < 4.78 is 37.9. The van der Waals surface area contributed by atoms with E-state index in [4.69, 9.17) is 9.26 Å². The molecule has 3 heterocycles. The molecule has 2 unspecified atom stereocenters. The number of ether oxygens (including phenoxy) is 1. The molecule has 4 rings (SSSR count). The summed E-state index contributed by atoms with van der Waals surface area (Å²) in [6, 6.07) is 9.13. The predicted molar refractivity (Wildman–Crippen MR) is 114 cm³/mol. The number of sulfonamides is 1. The van der Waals surface area contributed by atoms with Gasteiger partial charge in [-0.2, -0.15) is 9.29 Å². The second-order valence-corrected chi connectivity index (χ2v) is 9.28. The zero-order valence-corrected chi connectivity index (χ0v) is 18.2. The molecule has 1 fully saturated rings. The molecular formula is C20H22N6O5S. The quantitative estimate of drug-likeness (QED) is 0.528. The lowest BCUT2D eigenvalue weighted by molar-refractivity contribution is -0.0440.